The summed E-state index contributed by atoms with van der Waals surface area (Å²) in [5.74, 6) is -3.17. The summed E-state index contributed by atoms with van der Waals surface area (Å²) in [6.07, 6.45) is 0. The van der Waals surface area contributed by atoms with Crippen molar-refractivity contribution in [3.63, 3.8) is 0 Å². The van der Waals surface area contributed by atoms with Gasteiger partial charge in [-0.1, -0.05) is 6.07 Å². The zero-order valence-corrected chi connectivity index (χ0v) is 14.8. The minimum absolute atomic E-state index is 0.0159. The van der Waals surface area contributed by atoms with Gasteiger partial charge in [0, 0.05) is 18.7 Å². The van der Waals surface area contributed by atoms with E-state index in [1.165, 1.54) is 6.07 Å². The molecule has 0 fully saturated rings. The van der Waals surface area contributed by atoms with Gasteiger partial charge in [-0.05, 0) is 26.0 Å². The van der Waals surface area contributed by atoms with E-state index >= 15 is 0 Å². The van der Waals surface area contributed by atoms with Crippen molar-refractivity contribution in [2.75, 3.05) is 4.31 Å². The summed E-state index contributed by atoms with van der Waals surface area (Å²) < 4.78 is 55.0. The summed E-state index contributed by atoms with van der Waals surface area (Å²) in [6.45, 7) is 4.15. The molecule has 2 heterocycles. The summed E-state index contributed by atoms with van der Waals surface area (Å²) in [6, 6.07) is 4.23. The Bertz CT molecular complexity index is 1120. The van der Waals surface area contributed by atoms with E-state index in [1.54, 1.807) is 13.8 Å². The number of carbonyl (C=O) groups excluding carboxylic acids is 1. The van der Waals surface area contributed by atoms with E-state index in [4.69, 9.17) is 0 Å². The Balaban J connectivity index is 2.25. The topological polar surface area (TPSA) is 97.5 Å². The van der Waals surface area contributed by atoms with E-state index in [1.807, 2.05) is 0 Å². The number of sulfonamides is 1. The fraction of sp³-hybridized carbons (Fsp3) is 0.200. The standard InChI is InChI=1S/C15H13F2N5O3S/c1-8-7-13-19-15(20-21(13)9(2)18-8)26(24,25)22(10(3)23)14-11(16)5-4-6-12(14)17/h4-7H,1-3H3. The number of halogens is 2. The Morgan fingerprint density at radius 2 is 1.77 bits per heavy atom. The van der Waals surface area contributed by atoms with Gasteiger partial charge >= 0.3 is 10.0 Å². The van der Waals surface area contributed by atoms with Gasteiger partial charge in [-0.3, -0.25) is 4.79 Å². The van der Waals surface area contributed by atoms with Crippen LogP contribution in [0.1, 0.15) is 18.4 Å². The molecule has 3 rings (SSSR count). The maximum Gasteiger partial charge on any atom is 0.308 e. The fourth-order valence-electron chi connectivity index (χ4n) is 2.48. The molecule has 0 radical (unpaired) electrons. The summed E-state index contributed by atoms with van der Waals surface area (Å²) >= 11 is 0. The van der Waals surface area contributed by atoms with Crippen molar-refractivity contribution in [1.82, 2.24) is 19.6 Å². The number of aromatic nitrogens is 4. The van der Waals surface area contributed by atoms with Gasteiger partial charge < -0.3 is 0 Å². The van der Waals surface area contributed by atoms with E-state index < -0.39 is 38.4 Å². The van der Waals surface area contributed by atoms with Crippen molar-refractivity contribution in [1.29, 1.82) is 0 Å². The number of hydrogen-bond acceptors (Lipinski definition) is 6. The van der Waals surface area contributed by atoms with Crippen LogP contribution in [0.2, 0.25) is 0 Å². The van der Waals surface area contributed by atoms with Crippen LogP contribution >= 0.6 is 0 Å². The first-order valence-corrected chi connectivity index (χ1v) is 8.78. The molecule has 1 amide bonds. The number of benzene rings is 1. The molecule has 3 aromatic rings. The lowest BCUT2D eigenvalue weighted by Gasteiger charge is -2.20. The Hall–Kier alpha value is -2.95. The van der Waals surface area contributed by atoms with Crippen molar-refractivity contribution in [3.8, 4) is 0 Å². The lowest BCUT2D eigenvalue weighted by Crippen LogP contribution is -2.37. The first kappa shape index (κ1) is 17.9. The minimum atomic E-state index is -4.76. The van der Waals surface area contributed by atoms with Gasteiger partial charge in [0.2, 0.25) is 5.91 Å². The Kier molecular flexibility index (Phi) is 4.18. The predicted octanol–water partition coefficient (Wildman–Crippen LogP) is 1.76. The van der Waals surface area contributed by atoms with Crippen LogP contribution in [0.25, 0.3) is 5.65 Å². The Morgan fingerprint density at radius 3 is 2.35 bits per heavy atom. The second-order valence-electron chi connectivity index (χ2n) is 5.47. The summed E-state index contributed by atoms with van der Waals surface area (Å²) in [5.41, 5.74) is -0.258. The number of hydrogen-bond donors (Lipinski definition) is 0. The Morgan fingerprint density at radius 1 is 1.15 bits per heavy atom. The van der Waals surface area contributed by atoms with Crippen LogP contribution in [-0.2, 0) is 14.8 Å². The molecule has 0 aliphatic carbocycles. The second kappa shape index (κ2) is 6.09. The second-order valence-corrected chi connectivity index (χ2v) is 7.15. The van der Waals surface area contributed by atoms with Crippen LogP contribution < -0.4 is 4.31 Å². The van der Waals surface area contributed by atoms with E-state index in [0.29, 0.717) is 11.5 Å². The molecular formula is C15H13F2N5O3S. The molecule has 136 valence electrons. The first-order chi connectivity index (χ1) is 12.1. The number of rotatable bonds is 3. The zero-order valence-electron chi connectivity index (χ0n) is 13.9. The smallest absolute Gasteiger partial charge is 0.274 e. The third-order valence-electron chi connectivity index (χ3n) is 3.49. The van der Waals surface area contributed by atoms with Crippen molar-refractivity contribution in [2.24, 2.45) is 0 Å². The van der Waals surface area contributed by atoms with Crippen LogP contribution in [-0.4, -0.2) is 33.9 Å². The molecule has 0 aliphatic heterocycles. The first-order valence-electron chi connectivity index (χ1n) is 7.34. The molecule has 2 aromatic heterocycles. The zero-order chi connectivity index (χ0) is 19.2. The van der Waals surface area contributed by atoms with Crippen LogP contribution in [0.4, 0.5) is 14.5 Å². The van der Waals surface area contributed by atoms with Gasteiger partial charge in [0.05, 0.1) is 0 Å². The number of carbonyl (C=O) groups is 1. The van der Waals surface area contributed by atoms with Gasteiger partial charge in [0.25, 0.3) is 5.16 Å². The third kappa shape index (κ3) is 2.79. The highest BCUT2D eigenvalue weighted by Crippen LogP contribution is 2.28. The minimum Gasteiger partial charge on any atom is -0.274 e. The number of fused-ring (bicyclic) bond motifs is 1. The van der Waals surface area contributed by atoms with Gasteiger partial charge in [-0.2, -0.15) is 22.2 Å². The van der Waals surface area contributed by atoms with Crippen molar-refractivity contribution >= 4 is 27.3 Å². The van der Waals surface area contributed by atoms with Gasteiger partial charge in [-0.15, -0.1) is 5.10 Å². The number of para-hydroxylation sites is 1. The highest BCUT2D eigenvalue weighted by Gasteiger charge is 2.36. The molecule has 8 nitrogen and oxygen atoms in total. The molecule has 0 atom stereocenters. The average molecular weight is 381 g/mol. The summed E-state index contributed by atoms with van der Waals surface area (Å²) in [7, 11) is -4.76. The molecule has 1 aromatic carbocycles. The number of amides is 1. The maximum absolute atomic E-state index is 14.1. The molecule has 0 spiro atoms. The molecule has 0 N–H and O–H groups in total. The number of aryl methyl sites for hydroxylation is 2. The molecule has 11 heteroatoms. The van der Waals surface area contributed by atoms with E-state index in [0.717, 1.165) is 29.6 Å². The van der Waals surface area contributed by atoms with E-state index in [-0.39, 0.29) is 9.95 Å². The van der Waals surface area contributed by atoms with Crippen LogP contribution in [0.15, 0.2) is 29.4 Å². The maximum atomic E-state index is 14.1. The normalized spacial score (nSPS) is 11.7. The molecule has 0 bridgehead atoms. The van der Waals surface area contributed by atoms with Crippen molar-refractivity contribution in [3.05, 3.63) is 47.4 Å². The van der Waals surface area contributed by atoms with Crippen LogP contribution in [0.3, 0.4) is 0 Å². The lowest BCUT2D eigenvalue weighted by molar-refractivity contribution is -0.115. The molecule has 26 heavy (non-hydrogen) atoms. The highest BCUT2D eigenvalue weighted by atomic mass is 32.2. The monoisotopic (exact) mass is 381 g/mol. The average Bonchev–Trinajstić information content (AvgIpc) is 2.95. The number of anilines is 1. The predicted molar refractivity (Wildman–Crippen MR) is 87.0 cm³/mol. The molecular weight excluding hydrogens is 368 g/mol. The Labute approximate surface area is 147 Å². The van der Waals surface area contributed by atoms with Gasteiger partial charge in [0.1, 0.15) is 11.5 Å². The highest BCUT2D eigenvalue weighted by molar-refractivity contribution is 7.93. The number of nitrogens with zero attached hydrogens (tertiary/aromatic N) is 5. The van der Waals surface area contributed by atoms with Crippen molar-refractivity contribution < 1.29 is 22.0 Å². The van der Waals surface area contributed by atoms with Crippen molar-refractivity contribution in [2.45, 2.75) is 25.9 Å². The third-order valence-corrected chi connectivity index (χ3v) is 5.05. The van der Waals surface area contributed by atoms with E-state index in [9.17, 15) is 22.0 Å². The largest absolute Gasteiger partial charge is 0.308 e. The molecule has 0 aliphatic rings. The molecule has 0 saturated carbocycles. The fourth-order valence-corrected chi connectivity index (χ4v) is 3.79. The van der Waals surface area contributed by atoms with Gasteiger partial charge in [-0.25, -0.2) is 13.8 Å². The molecule has 0 unspecified atom stereocenters. The SMILES string of the molecule is CC(=O)N(c1c(F)cccc1F)S(=O)(=O)c1nc2cc(C)nc(C)n2n1. The van der Waals surface area contributed by atoms with Gasteiger partial charge in [0.15, 0.2) is 17.3 Å². The van der Waals surface area contributed by atoms with E-state index in [2.05, 4.69) is 15.1 Å². The quantitative estimate of drug-likeness (QED) is 0.686. The lowest BCUT2D eigenvalue weighted by atomic mass is 10.3. The molecule has 0 saturated heterocycles. The van der Waals surface area contributed by atoms with Crippen LogP contribution in [0, 0.1) is 25.5 Å². The summed E-state index contributed by atoms with van der Waals surface area (Å²) in [5, 5.41) is 3.06. The summed E-state index contributed by atoms with van der Waals surface area (Å²) in [4.78, 5) is 20.0. The van der Waals surface area contributed by atoms with Crippen LogP contribution in [0.5, 0.6) is 0 Å².